The van der Waals surface area contributed by atoms with Crippen LogP contribution >= 0.6 is 0 Å². The molecular weight excluding hydrogens is 461 g/mol. The van der Waals surface area contributed by atoms with Crippen molar-refractivity contribution in [2.45, 2.75) is 52.3 Å². The lowest BCUT2D eigenvalue weighted by atomic mass is 10.0. The number of amides is 2. The van der Waals surface area contributed by atoms with Crippen LogP contribution in [-0.4, -0.2) is 67.6 Å². The van der Waals surface area contributed by atoms with Crippen molar-refractivity contribution in [3.8, 4) is 5.75 Å². The first kappa shape index (κ1) is 27.6. The summed E-state index contributed by atoms with van der Waals surface area (Å²) in [4.78, 5) is 29.5. The van der Waals surface area contributed by atoms with E-state index in [1.165, 1.54) is 12.1 Å². The number of anilines is 1. The van der Waals surface area contributed by atoms with Gasteiger partial charge in [-0.2, -0.15) is 0 Å². The summed E-state index contributed by atoms with van der Waals surface area (Å²) in [6, 6.07) is 11.7. The van der Waals surface area contributed by atoms with Crippen LogP contribution in [0.1, 0.15) is 49.5 Å². The summed E-state index contributed by atoms with van der Waals surface area (Å²) in [5, 5.41) is 2.86. The van der Waals surface area contributed by atoms with Crippen LogP contribution in [0.2, 0.25) is 0 Å². The Balaban J connectivity index is 1.91. The van der Waals surface area contributed by atoms with E-state index < -0.39 is 0 Å². The Kier molecular flexibility index (Phi) is 9.84. The molecule has 0 aromatic heterocycles. The Morgan fingerprint density at radius 1 is 1.17 bits per heavy atom. The fourth-order valence-electron chi connectivity index (χ4n) is 4.42. The van der Waals surface area contributed by atoms with Crippen molar-refractivity contribution in [3.63, 3.8) is 0 Å². The van der Waals surface area contributed by atoms with E-state index in [9.17, 15) is 14.0 Å². The Morgan fingerprint density at radius 2 is 1.89 bits per heavy atom. The number of nitrogens with one attached hydrogen (secondary N) is 1. The van der Waals surface area contributed by atoms with E-state index in [1.54, 1.807) is 49.4 Å². The van der Waals surface area contributed by atoms with Crippen LogP contribution in [-0.2, 0) is 16.1 Å². The molecule has 0 unspecified atom stereocenters. The molecule has 2 aromatic rings. The molecule has 1 heterocycles. The average Bonchev–Trinajstić information content (AvgIpc) is 2.86. The van der Waals surface area contributed by atoms with Crippen LogP contribution in [0.25, 0.3) is 0 Å². The second-order valence-electron chi connectivity index (χ2n) is 9.66. The molecule has 7 nitrogen and oxygen atoms in total. The van der Waals surface area contributed by atoms with Crippen LogP contribution in [0.4, 0.5) is 10.1 Å². The fraction of sp³-hybridized carbons (Fsp3) is 0.500. The molecule has 1 N–H and O–H groups in total. The van der Waals surface area contributed by atoms with E-state index in [4.69, 9.17) is 9.47 Å². The van der Waals surface area contributed by atoms with Gasteiger partial charge in [-0.1, -0.05) is 26.0 Å². The van der Waals surface area contributed by atoms with Gasteiger partial charge in [0.15, 0.2) is 0 Å². The summed E-state index contributed by atoms with van der Waals surface area (Å²) in [7, 11) is 3.41. The van der Waals surface area contributed by atoms with Gasteiger partial charge in [-0.15, -0.1) is 0 Å². The van der Waals surface area contributed by atoms with Crippen molar-refractivity contribution >= 4 is 17.5 Å². The molecule has 0 aliphatic carbocycles. The predicted octanol–water partition coefficient (Wildman–Crippen LogP) is 4.57. The minimum absolute atomic E-state index is 0.0130. The summed E-state index contributed by atoms with van der Waals surface area (Å²) < 4.78 is 25.4. The highest BCUT2D eigenvalue weighted by Gasteiger charge is 2.28. The first-order chi connectivity index (χ1) is 17.2. The van der Waals surface area contributed by atoms with Crippen LogP contribution < -0.4 is 10.1 Å². The molecule has 0 radical (unpaired) electrons. The number of benzene rings is 2. The molecular formula is C28H38FN3O4. The summed E-state index contributed by atoms with van der Waals surface area (Å²) in [6.07, 6.45) is 0.971. The lowest BCUT2D eigenvalue weighted by molar-refractivity contribution is -0.116. The molecule has 0 bridgehead atoms. The van der Waals surface area contributed by atoms with Crippen LogP contribution in [0.5, 0.6) is 5.75 Å². The minimum Gasteiger partial charge on any atom is -0.491 e. The number of hydrogen-bond donors (Lipinski definition) is 1. The van der Waals surface area contributed by atoms with Gasteiger partial charge in [-0.05, 0) is 55.2 Å². The predicted molar refractivity (Wildman–Crippen MR) is 139 cm³/mol. The number of carbonyl (C=O) groups excluding carboxylic acids is 2. The number of likely N-dealkylation sites (N-methyl/N-ethyl adjacent to an activating group) is 1. The Labute approximate surface area is 213 Å². The Morgan fingerprint density at radius 3 is 2.56 bits per heavy atom. The highest BCUT2D eigenvalue weighted by atomic mass is 19.1. The molecule has 2 aromatic carbocycles. The smallest absolute Gasteiger partial charge is 0.257 e. The molecule has 0 saturated carbocycles. The maximum Gasteiger partial charge on any atom is 0.257 e. The average molecular weight is 500 g/mol. The van der Waals surface area contributed by atoms with Gasteiger partial charge >= 0.3 is 0 Å². The van der Waals surface area contributed by atoms with Gasteiger partial charge in [0.25, 0.3) is 5.91 Å². The molecule has 3 atom stereocenters. The van der Waals surface area contributed by atoms with Gasteiger partial charge in [0.2, 0.25) is 5.91 Å². The van der Waals surface area contributed by atoms with E-state index in [2.05, 4.69) is 24.1 Å². The molecule has 0 saturated heterocycles. The van der Waals surface area contributed by atoms with E-state index in [0.717, 1.165) is 18.5 Å². The largest absolute Gasteiger partial charge is 0.491 e. The molecule has 2 amide bonds. The van der Waals surface area contributed by atoms with Crippen molar-refractivity contribution in [1.82, 2.24) is 9.80 Å². The molecule has 0 fully saturated rings. The Hall–Kier alpha value is -2.97. The normalized spacial score (nSPS) is 21.7. The molecule has 196 valence electrons. The third-order valence-corrected chi connectivity index (χ3v) is 6.63. The Bertz CT molecular complexity index is 1030. The molecule has 36 heavy (non-hydrogen) atoms. The minimum atomic E-state index is -0.258. The maximum atomic E-state index is 13.4. The molecule has 0 spiro atoms. The van der Waals surface area contributed by atoms with Crippen LogP contribution in [0.3, 0.4) is 0 Å². The number of nitrogens with zero attached hydrogens (tertiary/aromatic N) is 2. The van der Waals surface area contributed by atoms with E-state index >= 15 is 0 Å². The molecule has 1 aliphatic rings. The van der Waals surface area contributed by atoms with Gasteiger partial charge in [0.05, 0.1) is 11.7 Å². The van der Waals surface area contributed by atoms with Crippen molar-refractivity contribution in [2.24, 2.45) is 5.92 Å². The van der Waals surface area contributed by atoms with Crippen LogP contribution in [0.15, 0.2) is 42.5 Å². The van der Waals surface area contributed by atoms with Gasteiger partial charge in [-0.25, -0.2) is 4.39 Å². The number of ether oxygens (including phenoxy) is 2. The monoisotopic (exact) mass is 499 g/mol. The zero-order valence-electron chi connectivity index (χ0n) is 21.9. The summed E-state index contributed by atoms with van der Waals surface area (Å²) >= 11 is 0. The van der Waals surface area contributed by atoms with Crippen molar-refractivity contribution in [3.05, 3.63) is 59.4 Å². The summed E-state index contributed by atoms with van der Waals surface area (Å²) in [5.41, 5.74) is 1.97. The van der Waals surface area contributed by atoms with Crippen molar-refractivity contribution in [1.29, 1.82) is 0 Å². The molecule has 3 rings (SSSR count). The van der Waals surface area contributed by atoms with E-state index in [1.807, 2.05) is 6.92 Å². The van der Waals surface area contributed by atoms with E-state index in [-0.39, 0.29) is 35.7 Å². The lowest BCUT2D eigenvalue weighted by Crippen LogP contribution is -2.46. The first-order valence-electron chi connectivity index (χ1n) is 12.5. The molecule has 8 heteroatoms. The summed E-state index contributed by atoms with van der Waals surface area (Å²) in [5.74, 6) is 0.0438. The fourth-order valence-corrected chi connectivity index (χ4v) is 4.42. The van der Waals surface area contributed by atoms with Crippen molar-refractivity contribution in [2.75, 3.05) is 39.2 Å². The number of methoxy groups -OCH3 is 1. The third-order valence-electron chi connectivity index (χ3n) is 6.63. The van der Waals surface area contributed by atoms with Crippen molar-refractivity contribution < 1.29 is 23.5 Å². The number of halogens is 1. The lowest BCUT2D eigenvalue weighted by Gasteiger charge is -2.36. The quantitative estimate of drug-likeness (QED) is 0.631. The standard InChI is InChI=1S/C28H38FN3O4/c1-6-7-27(33)30-23-12-13-25-24(14-23)28(34)31(4)17-26(35-5)19(2)15-32(20(3)18-36-25)16-21-8-10-22(29)11-9-21/h8-14,19-20,26H,6-7,15-18H2,1-5H3,(H,30,33)/t19-,20-,26-/m0/s1. The van der Waals surface area contributed by atoms with E-state index in [0.29, 0.717) is 43.1 Å². The number of fused-ring (bicyclic) bond motifs is 1. The second kappa shape index (κ2) is 12.8. The highest BCUT2D eigenvalue weighted by Crippen LogP contribution is 2.27. The molecule has 1 aliphatic heterocycles. The highest BCUT2D eigenvalue weighted by molar-refractivity contribution is 5.99. The second-order valence-corrected chi connectivity index (χ2v) is 9.66. The number of hydrogen-bond acceptors (Lipinski definition) is 5. The topological polar surface area (TPSA) is 71.1 Å². The zero-order chi connectivity index (χ0) is 26.2. The first-order valence-corrected chi connectivity index (χ1v) is 12.5. The maximum absolute atomic E-state index is 13.4. The zero-order valence-corrected chi connectivity index (χ0v) is 21.9. The van der Waals surface area contributed by atoms with Gasteiger partial charge in [-0.3, -0.25) is 14.5 Å². The third kappa shape index (κ3) is 7.27. The summed E-state index contributed by atoms with van der Waals surface area (Å²) in [6.45, 7) is 8.25. The van der Waals surface area contributed by atoms with Gasteiger partial charge < -0.3 is 19.7 Å². The number of rotatable bonds is 6. The van der Waals surface area contributed by atoms with Gasteiger partial charge in [0, 0.05) is 51.9 Å². The van der Waals surface area contributed by atoms with Crippen LogP contribution in [0, 0.1) is 11.7 Å². The van der Waals surface area contributed by atoms with Gasteiger partial charge in [0.1, 0.15) is 18.2 Å². The SMILES string of the molecule is CCCC(=O)Nc1ccc2c(c1)C(=O)N(C)C[C@H](OC)[C@@H](C)CN(Cc1ccc(F)cc1)[C@@H](C)CO2. The number of carbonyl (C=O) groups is 2.